The fourth-order valence-corrected chi connectivity index (χ4v) is 3.07. The summed E-state index contributed by atoms with van der Waals surface area (Å²) in [6.45, 7) is 6.77. The molecule has 112 valence electrons. The number of rotatable bonds is 9. The van der Waals surface area contributed by atoms with E-state index >= 15 is 0 Å². The topological polar surface area (TPSA) is 40.5 Å². The number of hydrogen-bond acceptors (Lipinski definition) is 2. The van der Waals surface area contributed by atoms with Crippen molar-refractivity contribution in [3.63, 3.8) is 0 Å². The Morgan fingerprint density at radius 2 is 1.84 bits per heavy atom. The number of carbonyl (C=O) groups is 1. The van der Waals surface area contributed by atoms with Gasteiger partial charge in [-0.25, -0.2) is 0 Å². The molecule has 0 aliphatic carbocycles. The zero-order chi connectivity index (χ0) is 14.1. The van der Waals surface area contributed by atoms with Crippen LogP contribution in [0.3, 0.4) is 0 Å². The number of nitrogens with zero attached hydrogens (tertiary/aromatic N) is 1. The third-order valence-electron chi connectivity index (χ3n) is 4.46. The molecule has 3 heteroatoms. The molecule has 0 aromatic heterocycles. The van der Waals surface area contributed by atoms with E-state index in [4.69, 9.17) is 5.11 Å². The lowest BCUT2D eigenvalue weighted by molar-refractivity contribution is -0.138. The van der Waals surface area contributed by atoms with Crippen molar-refractivity contribution in [1.29, 1.82) is 0 Å². The lowest BCUT2D eigenvalue weighted by Gasteiger charge is -2.35. The van der Waals surface area contributed by atoms with Gasteiger partial charge in [0.05, 0.1) is 0 Å². The maximum absolute atomic E-state index is 10.7. The first-order chi connectivity index (χ1) is 9.13. The van der Waals surface area contributed by atoms with Gasteiger partial charge in [-0.3, -0.25) is 4.79 Å². The summed E-state index contributed by atoms with van der Waals surface area (Å²) in [6.07, 6.45) is 10.6. The summed E-state index contributed by atoms with van der Waals surface area (Å²) in [5.41, 5.74) is 0. The molecule has 1 rings (SSSR count). The highest BCUT2D eigenvalue weighted by molar-refractivity contribution is 5.67. The third kappa shape index (κ3) is 6.95. The SMILES string of the molecule is CCCCCCCC(C)N1CCC(CC(=O)O)CC1. The van der Waals surface area contributed by atoms with E-state index in [0.29, 0.717) is 18.4 Å². The summed E-state index contributed by atoms with van der Waals surface area (Å²) in [4.78, 5) is 13.3. The molecule has 1 unspecified atom stereocenters. The van der Waals surface area contributed by atoms with Crippen LogP contribution >= 0.6 is 0 Å². The van der Waals surface area contributed by atoms with Crippen molar-refractivity contribution < 1.29 is 9.90 Å². The standard InChI is InChI=1S/C16H31NO2/c1-3-4-5-6-7-8-14(2)17-11-9-15(10-12-17)13-16(18)19/h14-15H,3-13H2,1-2H3,(H,18,19). The van der Waals surface area contributed by atoms with Gasteiger partial charge in [-0.1, -0.05) is 39.0 Å². The van der Waals surface area contributed by atoms with Crippen molar-refractivity contribution in [2.24, 2.45) is 5.92 Å². The maximum atomic E-state index is 10.7. The molecule has 1 fully saturated rings. The molecule has 0 radical (unpaired) electrons. The smallest absolute Gasteiger partial charge is 0.303 e. The molecule has 1 N–H and O–H groups in total. The molecule has 3 nitrogen and oxygen atoms in total. The number of piperidine rings is 1. The summed E-state index contributed by atoms with van der Waals surface area (Å²) in [5, 5.41) is 8.81. The van der Waals surface area contributed by atoms with Gasteiger partial charge in [-0.2, -0.15) is 0 Å². The molecular formula is C16H31NO2. The molecule has 0 aromatic rings. The molecule has 1 aliphatic heterocycles. The van der Waals surface area contributed by atoms with Crippen LogP contribution in [0.25, 0.3) is 0 Å². The number of hydrogen-bond donors (Lipinski definition) is 1. The molecule has 0 saturated carbocycles. The van der Waals surface area contributed by atoms with Crippen LogP contribution in [0.4, 0.5) is 0 Å². The second-order valence-electron chi connectivity index (χ2n) is 6.13. The van der Waals surface area contributed by atoms with Gasteiger partial charge < -0.3 is 10.0 Å². The average molecular weight is 269 g/mol. The molecule has 0 aromatic carbocycles. The van der Waals surface area contributed by atoms with Gasteiger partial charge in [-0.15, -0.1) is 0 Å². The second-order valence-corrected chi connectivity index (χ2v) is 6.13. The Hall–Kier alpha value is -0.570. The Kier molecular flexibility index (Phi) is 8.11. The monoisotopic (exact) mass is 269 g/mol. The van der Waals surface area contributed by atoms with E-state index in [-0.39, 0.29) is 0 Å². The Morgan fingerprint density at radius 3 is 2.42 bits per heavy atom. The van der Waals surface area contributed by atoms with E-state index in [1.807, 2.05) is 0 Å². The lowest BCUT2D eigenvalue weighted by atomic mass is 9.92. The highest BCUT2D eigenvalue weighted by Gasteiger charge is 2.23. The number of aliphatic carboxylic acids is 1. The number of unbranched alkanes of at least 4 members (excludes halogenated alkanes) is 4. The first-order valence-corrected chi connectivity index (χ1v) is 8.09. The van der Waals surface area contributed by atoms with Crippen molar-refractivity contribution in [1.82, 2.24) is 4.90 Å². The number of carboxylic acids is 1. The van der Waals surface area contributed by atoms with Crippen LogP contribution in [0, 0.1) is 5.92 Å². The first-order valence-electron chi connectivity index (χ1n) is 8.09. The van der Waals surface area contributed by atoms with Gasteiger partial charge in [0.15, 0.2) is 0 Å². The summed E-state index contributed by atoms with van der Waals surface area (Å²) in [6, 6.07) is 0.674. The van der Waals surface area contributed by atoms with E-state index in [1.54, 1.807) is 0 Å². The van der Waals surface area contributed by atoms with Gasteiger partial charge in [0.25, 0.3) is 0 Å². The first kappa shape index (κ1) is 16.5. The molecule has 1 heterocycles. The van der Waals surface area contributed by atoms with E-state index in [9.17, 15) is 4.79 Å². The predicted molar refractivity (Wildman–Crippen MR) is 79.4 cm³/mol. The van der Waals surface area contributed by atoms with Crippen LogP contribution < -0.4 is 0 Å². The number of carboxylic acid groups (broad SMARTS) is 1. The van der Waals surface area contributed by atoms with E-state index in [2.05, 4.69) is 18.7 Å². The Labute approximate surface area is 118 Å². The molecule has 0 amide bonds. The van der Waals surface area contributed by atoms with E-state index < -0.39 is 5.97 Å². The minimum atomic E-state index is -0.637. The van der Waals surface area contributed by atoms with E-state index in [0.717, 1.165) is 25.9 Å². The Morgan fingerprint density at radius 1 is 1.21 bits per heavy atom. The van der Waals surface area contributed by atoms with E-state index in [1.165, 1.54) is 38.5 Å². The van der Waals surface area contributed by atoms with Gasteiger partial charge >= 0.3 is 5.97 Å². The Bertz CT molecular complexity index is 247. The Balaban J connectivity index is 2.11. The van der Waals surface area contributed by atoms with Crippen LogP contribution in [0.15, 0.2) is 0 Å². The third-order valence-corrected chi connectivity index (χ3v) is 4.46. The van der Waals surface area contributed by atoms with Crippen LogP contribution in [-0.2, 0) is 4.79 Å². The average Bonchev–Trinajstić information content (AvgIpc) is 2.38. The van der Waals surface area contributed by atoms with Crippen LogP contribution in [0.2, 0.25) is 0 Å². The van der Waals surface area contributed by atoms with Crippen LogP contribution in [-0.4, -0.2) is 35.1 Å². The van der Waals surface area contributed by atoms with Gasteiger partial charge in [0.2, 0.25) is 0 Å². The van der Waals surface area contributed by atoms with Crippen molar-refractivity contribution in [3.8, 4) is 0 Å². The molecule has 1 saturated heterocycles. The quantitative estimate of drug-likeness (QED) is 0.645. The zero-order valence-corrected chi connectivity index (χ0v) is 12.7. The highest BCUT2D eigenvalue weighted by Crippen LogP contribution is 2.23. The largest absolute Gasteiger partial charge is 0.481 e. The molecule has 0 spiro atoms. The molecule has 1 aliphatic rings. The molecule has 19 heavy (non-hydrogen) atoms. The van der Waals surface area contributed by atoms with Crippen molar-refractivity contribution in [3.05, 3.63) is 0 Å². The fourth-order valence-electron chi connectivity index (χ4n) is 3.07. The van der Waals surface area contributed by atoms with Crippen molar-refractivity contribution >= 4 is 5.97 Å². The van der Waals surface area contributed by atoms with Crippen LogP contribution in [0.1, 0.15) is 71.6 Å². The molecule has 0 bridgehead atoms. The van der Waals surface area contributed by atoms with Gasteiger partial charge in [0, 0.05) is 12.5 Å². The lowest BCUT2D eigenvalue weighted by Crippen LogP contribution is -2.40. The van der Waals surface area contributed by atoms with Crippen molar-refractivity contribution in [2.75, 3.05) is 13.1 Å². The molecule has 1 atom stereocenters. The normalized spacial score (nSPS) is 19.5. The maximum Gasteiger partial charge on any atom is 0.303 e. The minimum absolute atomic E-state index is 0.360. The van der Waals surface area contributed by atoms with Gasteiger partial charge in [0.1, 0.15) is 0 Å². The molecular weight excluding hydrogens is 238 g/mol. The highest BCUT2D eigenvalue weighted by atomic mass is 16.4. The second kappa shape index (κ2) is 9.35. The summed E-state index contributed by atoms with van der Waals surface area (Å²) in [5.74, 6) is -0.229. The number of likely N-dealkylation sites (tertiary alicyclic amines) is 1. The van der Waals surface area contributed by atoms with Gasteiger partial charge in [-0.05, 0) is 45.2 Å². The summed E-state index contributed by atoms with van der Waals surface area (Å²) < 4.78 is 0. The zero-order valence-electron chi connectivity index (χ0n) is 12.7. The fraction of sp³-hybridized carbons (Fsp3) is 0.938. The van der Waals surface area contributed by atoms with Crippen LogP contribution in [0.5, 0.6) is 0 Å². The minimum Gasteiger partial charge on any atom is -0.481 e. The summed E-state index contributed by atoms with van der Waals surface area (Å²) in [7, 11) is 0. The summed E-state index contributed by atoms with van der Waals surface area (Å²) >= 11 is 0. The predicted octanol–water partition coefficient (Wildman–Crippen LogP) is 3.92. The van der Waals surface area contributed by atoms with Crippen molar-refractivity contribution in [2.45, 2.75) is 77.7 Å².